The van der Waals surface area contributed by atoms with Crippen molar-refractivity contribution >= 4 is 11.4 Å². The first-order valence-corrected chi connectivity index (χ1v) is 11.3. The molecule has 7 rings (SSSR count). The van der Waals surface area contributed by atoms with Gasteiger partial charge in [-0.05, 0) is 47.0 Å². The fourth-order valence-electron chi connectivity index (χ4n) is 5.68. The van der Waals surface area contributed by atoms with E-state index in [2.05, 4.69) is 121 Å². The van der Waals surface area contributed by atoms with E-state index in [9.17, 15) is 0 Å². The number of rotatable bonds is 2. The minimum atomic E-state index is -0.425. The van der Waals surface area contributed by atoms with Gasteiger partial charge in [0.15, 0.2) is 0 Å². The van der Waals surface area contributed by atoms with Crippen molar-refractivity contribution in [3.05, 3.63) is 144 Å². The molecule has 5 aromatic rings. The molecule has 1 spiro atoms. The highest BCUT2D eigenvalue weighted by molar-refractivity contribution is 5.95. The molecule has 0 saturated carbocycles. The molecule has 0 bridgehead atoms. The van der Waals surface area contributed by atoms with E-state index in [1.165, 1.54) is 33.4 Å². The van der Waals surface area contributed by atoms with Crippen LogP contribution in [0.15, 0.2) is 121 Å². The van der Waals surface area contributed by atoms with Gasteiger partial charge in [0.25, 0.3) is 0 Å². The molecule has 0 radical (unpaired) electrons. The molecule has 2 heteroatoms. The van der Waals surface area contributed by atoms with E-state index >= 15 is 0 Å². The zero-order valence-electron chi connectivity index (χ0n) is 18.0. The molecule has 5 aromatic carbocycles. The number of hydrogen-bond acceptors (Lipinski definition) is 2. The van der Waals surface area contributed by atoms with Crippen LogP contribution >= 0.6 is 0 Å². The van der Waals surface area contributed by atoms with Crippen molar-refractivity contribution in [3.63, 3.8) is 0 Å². The molecule has 33 heavy (non-hydrogen) atoms. The van der Waals surface area contributed by atoms with E-state index in [-0.39, 0.29) is 0 Å². The predicted molar refractivity (Wildman–Crippen MR) is 134 cm³/mol. The molecular weight excluding hydrogens is 402 g/mol. The Hall–Kier alpha value is -4.30. The lowest BCUT2D eigenvalue weighted by atomic mass is 9.66. The van der Waals surface area contributed by atoms with E-state index < -0.39 is 5.41 Å². The van der Waals surface area contributed by atoms with Gasteiger partial charge in [0.1, 0.15) is 11.5 Å². The van der Waals surface area contributed by atoms with E-state index in [1.807, 2.05) is 6.07 Å². The molecule has 0 aromatic heterocycles. The van der Waals surface area contributed by atoms with Gasteiger partial charge in [0.2, 0.25) is 0 Å². The van der Waals surface area contributed by atoms with Crippen LogP contribution in [-0.2, 0) is 5.41 Å². The number of anilines is 2. The maximum Gasteiger partial charge on any atom is 0.132 e. The third-order valence-corrected chi connectivity index (χ3v) is 6.92. The fourth-order valence-corrected chi connectivity index (χ4v) is 5.68. The fraction of sp³-hybridized carbons (Fsp3) is 0.0323. The molecule has 0 saturated heterocycles. The molecule has 2 nitrogen and oxygen atoms in total. The average molecular weight is 424 g/mol. The predicted octanol–water partition coefficient (Wildman–Crippen LogP) is 7.90. The van der Waals surface area contributed by atoms with Crippen molar-refractivity contribution in [2.45, 2.75) is 5.41 Å². The largest absolute Gasteiger partial charge is 0.457 e. The highest BCUT2D eigenvalue weighted by Crippen LogP contribution is 2.63. The Morgan fingerprint density at radius 2 is 1.06 bits per heavy atom. The van der Waals surface area contributed by atoms with Gasteiger partial charge in [0, 0.05) is 28.1 Å². The molecule has 0 atom stereocenters. The zero-order valence-corrected chi connectivity index (χ0v) is 18.0. The lowest BCUT2D eigenvalue weighted by Crippen LogP contribution is -2.32. The summed E-state index contributed by atoms with van der Waals surface area (Å²) in [5.41, 5.74) is 9.24. The highest BCUT2D eigenvalue weighted by Gasteiger charge is 2.51. The summed E-state index contributed by atoms with van der Waals surface area (Å²) in [5, 5.41) is 3.68. The summed E-state index contributed by atoms with van der Waals surface area (Å²) in [4.78, 5) is 0. The van der Waals surface area contributed by atoms with Crippen LogP contribution in [-0.4, -0.2) is 0 Å². The van der Waals surface area contributed by atoms with Crippen LogP contribution in [0.25, 0.3) is 11.1 Å². The van der Waals surface area contributed by atoms with Crippen molar-refractivity contribution in [2.75, 3.05) is 5.32 Å². The maximum absolute atomic E-state index is 6.40. The molecule has 156 valence electrons. The van der Waals surface area contributed by atoms with Gasteiger partial charge >= 0.3 is 0 Å². The van der Waals surface area contributed by atoms with Gasteiger partial charge in [-0.2, -0.15) is 0 Å². The standard InChI is InChI=1S/C31H21NO/c1-2-11-21(12-3-1)32-27-18-10-17-26-30(27)22-13-4-5-14-23(22)31(26)24-15-6-8-19-28(24)33-29-20-9-7-16-25(29)31/h1-20,32H. The van der Waals surface area contributed by atoms with Crippen LogP contribution in [0, 0.1) is 0 Å². The van der Waals surface area contributed by atoms with Crippen LogP contribution in [0.1, 0.15) is 22.3 Å². The average Bonchev–Trinajstić information content (AvgIpc) is 3.17. The monoisotopic (exact) mass is 423 g/mol. The lowest BCUT2D eigenvalue weighted by molar-refractivity contribution is 0.436. The second-order valence-corrected chi connectivity index (χ2v) is 8.61. The van der Waals surface area contributed by atoms with Crippen molar-refractivity contribution in [2.24, 2.45) is 0 Å². The third kappa shape index (κ3) is 2.43. The smallest absolute Gasteiger partial charge is 0.132 e. The Kier molecular flexibility index (Phi) is 3.80. The molecular formula is C31H21NO. The first-order valence-electron chi connectivity index (χ1n) is 11.3. The van der Waals surface area contributed by atoms with Gasteiger partial charge < -0.3 is 10.1 Å². The van der Waals surface area contributed by atoms with E-state index in [4.69, 9.17) is 4.74 Å². The Morgan fingerprint density at radius 1 is 0.485 bits per heavy atom. The molecule has 1 heterocycles. The first kappa shape index (κ1) is 18.3. The van der Waals surface area contributed by atoms with Gasteiger partial charge in [0.05, 0.1) is 5.41 Å². The molecule has 0 amide bonds. The molecule has 0 fully saturated rings. The van der Waals surface area contributed by atoms with Crippen LogP contribution in [0.3, 0.4) is 0 Å². The topological polar surface area (TPSA) is 21.3 Å². The SMILES string of the molecule is c1ccc(Nc2cccc3c2-c2ccccc2C32c3ccccc3Oc3ccccc32)cc1. The van der Waals surface area contributed by atoms with Gasteiger partial charge in [-0.1, -0.05) is 91.0 Å². The maximum atomic E-state index is 6.40. The minimum Gasteiger partial charge on any atom is -0.457 e. The highest BCUT2D eigenvalue weighted by atomic mass is 16.5. The van der Waals surface area contributed by atoms with Gasteiger partial charge in [-0.15, -0.1) is 0 Å². The second-order valence-electron chi connectivity index (χ2n) is 8.61. The van der Waals surface area contributed by atoms with E-state index in [1.54, 1.807) is 0 Å². The second kappa shape index (κ2) is 6.85. The Morgan fingerprint density at radius 3 is 1.79 bits per heavy atom. The zero-order chi connectivity index (χ0) is 21.8. The van der Waals surface area contributed by atoms with Crippen LogP contribution in [0.2, 0.25) is 0 Å². The van der Waals surface area contributed by atoms with E-state index in [0.29, 0.717) is 0 Å². The van der Waals surface area contributed by atoms with E-state index in [0.717, 1.165) is 22.9 Å². The molecule has 1 aliphatic heterocycles. The third-order valence-electron chi connectivity index (χ3n) is 6.92. The summed E-state index contributed by atoms with van der Waals surface area (Å²) < 4.78 is 6.40. The quantitative estimate of drug-likeness (QED) is 0.305. The van der Waals surface area contributed by atoms with Crippen LogP contribution < -0.4 is 10.1 Å². The minimum absolute atomic E-state index is 0.425. The van der Waals surface area contributed by atoms with Crippen LogP contribution in [0.4, 0.5) is 11.4 Å². The van der Waals surface area contributed by atoms with Crippen molar-refractivity contribution < 1.29 is 4.74 Å². The molecule has 1 aliphatic carbocycles. The summed E-state index contributed by atoms with van der Waals surface area (Å²) in [6.07, 6.45) is 0. The van der Waals surface area contributed by atoms with Crippen molar-refractivity contribution in [1.82, 2.24) is 0 Å². The van der Waals surface area contributed by atoms with Gasteiger partial charge in [-0.25, -0.2) is 0 Å². The lowest BCUT2D eigenvalue weighted by Gasteiger charge is -2.39. The Labute approximate surface area is 193 Å². The molecule has 1 N–H and O–H groups in total. The number of benzene rings is 5. The number of fused-ring (bicyclic) bond motifs is 9. The normalized spacial score (nSPS) is 13.9. The van der Waals surface area contributed by atoms with Crippen LogP contribution in [0.5, 0.6) is 11.5 Å². The number of nitrogens with one attached hydrogen (secondary N) is 1. The van der Waals surface area contributed by atoms with Crippen molar-refractivity contribution in [3.8, 4) is 22.6 Å². The first-order chi connectivity index (χ1) is 16.4. The summed E-state index contributed by atoms with van der Waals surface area (Å²) in [6.45, 7) is 0. The number of hydrogen-bond donors (Lipinski definition) is 1. The summed E-state index contributed by atoms with van der Waals surface area (Å²) in [7, 11) is 0. The molecule has 0 unspecified atom stereocenters. The number of ether oxygens (including phenoxy) is 1. The number of para-hydroxylation sites is 3. The summed E-state index contributed by atoms with van der Waals surface area (Å²) in [6, 6.07) is 42.8. The summed E-state index contributed by atoms with van der Waals surface area (Å²) in [5.74, 6) is 1.83. The van der Waals surface area contributed by atoms with Crippen molar-refractivity contribution in [1.29, 1.82) is 0 Å². The Balaban J connectivity index is 1.60. The van der Waals surface area contributed by atoms with Gasteiger partial charge in [-0.3, -0.25) is 0 Å². The Bertz CT molecular complexity index is 1470. The summed E-state index contributed by atoms with van der Waals surface area (Å²) >= 11 is 0. The molecule has 2 aliphatic rings.